The van der Waals surface area contributed by atoms with Gasteiger partial charge in [-0.1, -0.05) is 165 Å². The smallest absolute Gasteiger partial charge is 0.404 e. The molecule has 12 atom stereocenters. The first-order chi connectivity index (χ1) is 32.6. The molecule has 0 fully saturated rings. The van der Waals surface area contributed by atoms with Crippen LogP contribution in [0.5, 0.6) is 0 Å². The molecule has 1 rings (SSSR count). The van der Waals surface area contributed by atoms with Gasteiger partial charge in [0.2, 0.25) is 0 Å². The molecule has 3 N–H and O–H groups in total. The first-order valence-corrected chi connectivity index (χ1v) is 35.3. The van der Waals surface area contributed by atoms with Crippen molar-refractivity contribution >= 4 is 42.7 Å². The van der Waals surface area contributed by atoms with Gasteiger partial charge in [0.15, 0.2) is 25.0 Å². The molecule has 1 aromatic rings. The minimum absolute atomic E-state index is 0.0211. The molecule has 15 heteroatoms. The van der Waals surface area contributed by atoms with E-state index in [-0.39, 0.29) is 75.0 Å². The average molecular weight is 1060 g/mol. The molecule has 0 saturated carbocycles. The summed E-state index contributed by atoms with van der Waals surface area (Å²) in [5.41, 5.74) is 8.02. The summed E-state index contributed by atoms with van der Waals surface area (Å²) in [5, 5.41) is 12.4. The van der Waals surface area contributed by atoms with Gasteiger partial charge in [-0.3, -0.25) is 14.4 Å². The Morgan fingerprint density at radius 1 is 0.667 bits per heavy atom. The SMILES string of the molecule is CON(C)C(=O)[C@H](C)[C@@H](O[Si](C)(C)C(C)(C)C)[C@@H](C)C(=O)C[C@H](O)/C=C\[C@H](C)[C@H](O[Si](C)(C)C(C)(C)C)[C@@H](C)/C=C(/C)C[C@H](C)[C@@H](O[Si](C)(C)C(C)(C)C)[C@H](C)[C@@H](OC(N)=O)[C@@H](C)COCc1ccccc1. The van der Waals surface area contributed by atoms with E-state index in [0.717, 1.165) is 12.0 Å². The highest BCUT2D eigenvalue weighted by Crippen LogP contribution is 2.43. The Hall–Kier alpha value is -2.48. The van der Waals surface area contributed by atoms with Gasteiger partial charge in [-0.25, -0.2) is 9.86 Å². The third kappa shape index (κ3) is 20.6. The molecule has 0 aliphatic carbocycles. The number of benzene rings is 1. The molecule has 416 valence electrons. The van der Waals surface area contributed by atoms with Crippen molar-refractivity contribution < 1.29 is 47.1 Å². The van der Waals surface area contributed by atoms with Crippen molar-refractivity contribution in [3.05, 3.63) is 59.7 Å². The van der Waals surface area contributed by atoms with Crippen molar-refractivity contribution in [2.24, 2.45) is 47.2 Å². The van der Waals surface area contributed by atoms with Crippen LogP contribution in [-0.4, -0.2) is 104 Å². The molecule has 2 amide bonds. The number of Topliss-reactive ketones (excluding diaryl/α,β-unsaturated/α-hetero) is 1. The molecular formula is C57H106N2O10Si3. The molecule has 0 aliphatic heterocycles. The number of hydroxylamine groups is 2. The van der Waals surface area contributed by atoms with E-state index in [4.69, 9.17) is 33.3 Å². The van der Waals surface area contributed by atoms with Crippen molar-refractivity contribution in [3.63, 3.8) is 0 Å². The molecular weight excluding hydrogens is 957 g/mol. The third-order valence-corrected chi connectivity index (χ3v) is 29.8. The number of aliphatic hydroxyl groups excluding tert-OH is 1. The zero-order valence-corrected chi connectivity index (χ0v) is 53.0. The Labute approximate surface area is 442 Å². The Kier molecular flexibility index (Phi) is 26.3. The summed E-state index contributed by atoms with van der Waals surface area (Å²) in [6.45, 7) is 50.4. The third-order valence-electron chi connectivity index (χ3n) is 16.4. The zero-order chi connectivity index (χ0) is 56.1. The van der Waals surface area contributed by atoms with Gasteiger partial charge in [0.25, 0.3) is 5.91 Å². The average Bonchev–Trinajstić information content (AvgIpc) is 3.25. The first-order valence-electron chi connectivity index (χ1n) is 26.6. The number of ether oxygens (including phenoxy) is 2. The molecule has 0 spiro atoms. The Bertz CT molecular complexity index is 1890. The number of nitrogens with two attached hydrogens (primary N) is 1. The van der Waals surface area contributed by atoms with Crippen LogP contribution in [-0.2, 0) is 43.8 Å². The van der Waals surface area contributed by atoms with Crippen LogP contribution in [0, 0.1) is 41.4 Å². The lowest BCUT2D eigenvalue weighted by Crippen LogP contribution is -2.51. The van der Waals surface area contributed by atoms with E-state index in [1.807, 2.05) is 43.3 Å². The van der Waals surface area contributed by atoms with Gasteiger partial charge in [-0.15, -0.1) is 0 Å². The van der Waals surface area contributed by atoms with E-state index in [0.29, 0.717) is 13.2 Å². The fourth-order valence-corrected chi connectivity index (χ4v) is 12.9. The topological polar surface area (TPSA) is 156 Å². The molecule has 0 aliphatic rings. The van der Waals surface area contributed by atoms with E-state index < -0.39 is 61.2 Å². The van der Waals surface area contributed by atoms with Gasteiger partial charge < -0.3 is 33.6 Å². The summed E-state index contributed by atoms with van der Waals surface area (Å²) < 4.78 is 33.5. The van der Waals surface area contributed by atoms with E-state index in [1.54, 1.807) is 27.0 Å². The lowest BCUT2D eigenvalue weighted by molar-refractivity contribution is -0.177. The standard InChI is InChI=1S/C57H106N2O10Si3/c1-38(34-41(4)51(68-71(22,23)56(12,13)14)44(7)50(66-54(58)63)42(5)36-65-37-46-29-27-26-28-30-46)33-40(3)49(67-70(20,21)55(9,10)11)39(2)31-32-47(60)35-48(61)43(6)52(45(8)53(62)59(18)64-19)69-72(24,25)57(15,16)17/h26-33,39-45,47,49-52,60H,34-37H2,1-25H3,(H2,58,63)/b32-31-,38-33-/t39-,40-,41-,42-,43-,44+,45+,47+,49-,50-,51+,52-/m0/s1. The molecule has 0 unspecified atom stereocenters. The van der Waals surface area contributed by atoms with E-state index >= 15 is 0 Å². The number of nitrogens with zero attached hydrogens (tertiary/aromatic N) is 1. The Morgan fingerprint density at radius 3 is 1.60 bits per heavy atom. The van der Waals surface area contributed by atoms with E-state index in [1.165, 1.54) is 17.7 Å². The number of amides is 2. The molecule has 0 saturated heterocycles. The van der Waals surface area contributed by atoms with Gasteiger partial charge in [-0.2, -0.15) is 0 Å². The molecule has 0 heterocycles. The van der Waals surface area contributed by atoms with Gasteiger partial charge in [-0.05, 0) is 91.1 Å². The highest BCUT2D eigenvalue weighted by atomic mass is 28.4. The maximum Gasteiger partial charge on any atom is 0.404 e. The van der Waals surface area contributed by atoms with Gasteiger partial charge >= 0.3 is 6.09 Å². The highest BCUT2D eigenvalue weighted by molar-refractivity contribution is 6.75. The molecule has 0 radical (unpaired) electrons. The van der Waals surface area contributed by atoms with Gasteiger partial charge in [0.1, 0.15) is 11.9 Å². The predicted molar refractivity (Wildman–Crippen MR) is 304 cm³/mol. The number of carbonyl (C=O) groups is 3. The number of hydrogen-bond donors (Lipinski definition) is 2. The van der Waals surface area contributed by atoms with Crippen molar-refractivity contribution in [1.29, 1.82) is 0 Å². The normalized spacial score (nSPS) is 18.8. The van der Waals surface area contributed by atoms with E-state index in [9.17, 15) is 19.5 Å². The van der Waals surface area contributed by atoms with Gasteiger partial charge in [0, 0.05) is 31.2 Å². The second-order valence-corrected chi connectivity index (χ2v) is 40.2. The second kappa shape index (κ2) is 28.1. The minimum atomic E-state index is -2.42. The zero-order valence-electron chi connectivity index (χ0n) is 50.0. The van der Waals surface area contributed by atoms with Crippen LogP contribution in [0.2, 0.25) is 54.4 Å². The van der Waals surface area contributed by atoms with Gasteiger partial charge in [0.05, 0.1) is 50.7 Å². The lowest BCUT2D eigenvalue weighted by atomic mass is 9.81. The summed E-state index contributed by atoms with van der Waals surface area (Å²) in [4.78, 5) is 45.1. The molecule has 72 heavy (non-hydrogen) atoms. The van der Waals surface area contributed by atoms with Crippen LogP contribution < -0.4 is 5.73 Å². The monoisotopic (exact) mass is 1060 g/mol. The summed E-state index contributed by atoms with van der Waals surface area (Å²) in [7, 11) is -4.06. The Morgan fingerprint density at radius 2 is 1.14 bits per heavy atom. The number of primary amides is 1. The van der Waals surface area contributed by atoms with Crippen LogP contribution in [0.3, 0.4) is 0 Å². The predicted octanol–water partition coefficient (Wildman–Crippen LogP) is 13.5. The van der Waals surface area contributed by atoms with Crippen molar-refractivity contribution in [1.82, 2.24) is 5.06 Å². The molecule has 0 aromatic heterocycles. The van der Waals surface area contributed by atoms with Crippen molar-refractivity contribution in [3.8, 4) is 0 Å². The number of hydrogen-bond acceptors (Lipinski definition) is 10. The molecule has 1 aromatic carbocycles. The summed E-state index contributed by atoms with van der Waals surface area (Å²) in [6.07, 6.45) is 3.04. The lowest BCUT2D eigenvalue weighted by Gasteiger charge is -2.45. The number of ketones is 1. The fraction of sp³-hybridized carbons (Fsp3) is 0.772. The molecule has 0 bridgehead atoms. The highest BCUT2D eigenvalue weighted by Gasteiger charge is 2.47. The number of rotatable bonds is 29. The largest absolute Gasteiger partial charge is 0.446 e. The number of carbonyl (C=O) groups excluding carboxylic acids is 3. The van der Waals surface area contributed by atoms with Crippen LogP contribution in [0.1, 0.15) is 136 Å². The quantitative estimate of drug-likeness (QED) is 0.0450. The summed E-state index contributed by atoms with van der Waals surface area (Å²) >= 11 is 0. The number of aliphatic hydroxyl groups is 1. The number of allylic oxidation sites excluding steroid dienone is 1. The fourth-order valence-electron chi connectivity index (χ4n) is 8.53. The van der Waals surface area contributed by atoms with E-state index in [2.05, 4.69) is 142 Å². The van der Waals surface area contributed by atoms with Crippen LogP contribution >= 0.6 is 0 Å². The van der Waals surface area contributed by atoms with Crippen LogP contribution in [0.15, 0.2) is 54.1 Å². The van der Waals surface area contributed by atoms with Crippen LogP contribution in [0.25, 0.3) is 0 Å². The first kappa shape index (κ1) is 67.5. The van der Waals surface area contributed by atoms with Crippen molar-refractivity contribution in [2.75, 3.05) is 20.8 Å². The molecule has 12 nitrogen and oxygen atoms in total. The minimum Gasteiger partial charge on any atom is -0.446 e. The maximum atomic E-state index is 14.0. The summed E-state index contributed by atoms with van der Waals surface area (Å²) in [6, 6.07) is 10.0. The Balaban J connectivity index is 3.59. The summed E-state index contributed by atoms with van der Waals surface area (Å²) in [5.74, 6) is -2.25. The van der Waals surface area contributed by atoms with Crippen LogP contribution in [0.4, 0.5) is 4.79 Å². The maximum absolute atomic E-state index is 14.0. The second-order valence-electron chi connectivity index (χ2n) is 25.9. The van der Waals surface area contributed by atoms with Crippen molar-refractivity contribution in [2.45, 2.75) is 222 Å².